The third kappa shape index (κ3) is 3.14. The van der Waals surface area contributed by atoms with E-state index in [-0.39, 0.29) is 0 Å². The first-order valence-electron chi connectivity index (χ1n) is 6.94. The fraction of sp³-hybridized carbons (Fsp3) is 0.400. The summed E-state index contributed by atoms with van der Waals surface area (Å²) in [7, 11) is 0. The number of hydrogen-bond acceptors (Lipinski definition) is 3. The van der Waals surface area contributed by atoms with Crippen LogP contribution in [-0.2, 0) is 6.54 Å². The molecule has 0 atom stereocenters. The van der Waals surface area contributed by atoms with E-state index in [2.05, 4.69) is 38.2 Å². The smallest absolute Gasteiger partial charge is 0.0765 e. The second-order valence-electron chi connectivity index (χ2n) is 5.28. The number of aromatic nitrogens is 2. The SMILES string of the molecule is Cc1cc(CN2CCN(c3ccc(Cl)cc3)CC2)n[nH]1. The van der Waals surface area contributed by atoms with Gasteiger partial charge in [0.05, 0.1) is 5.69 Å². The maximum atomic E-state index is 5.93. The summed E-state index contributed by atoms with van der Waals surface area (Å²) in [6.45, 7) is 7.19. The lowest BCUT2D eigenvalue weighted by atomic mass is 10.2. The number of aryl methyl sites for hydroxylation is 1. The van der Waals surface area contributed by atoms with Crippen molar-refractivity contribution in [1.82, 2.24) is 15.1 Å². The summed E-state index contributed by atoms with van der Waals surface area (Å²) in [5.41, 5.74) is 3.51. The van der Waals surface area contributed by atoms with Crippen LogP contribution < -0.4 is 4.90 Å². The van der Waals surface area contributed by atoms with Gasteiger partial charge in [0.1, 0.15) is 0 Å². The molecule has 0 saturated carbocycles. The first-order valence-corrected chi connectivity index (χ1v) is 7.32. The van der Waals surface area contributed by atoms with Gasteiger partial charge in [-0.05, 0) is 37.3 Å². The lowest BCUT2D eigenvalue weighted by Crippen LogP contribution is -2.46. The van der Waals surface area contributed by atoms with E-state index in [1.165, 1.54) is 5.69 Å². The highest BCUT2D eigenvalue weighted by Crippen LogP contribution is 2.19. The second-order valence-corrected chi connectivity index (χ2v) is 5.72. The van der Waals surface area contributed by atoms with E-state index in [1.54, 1.807) is 0 Å². The minimum absolute atomic E-state index is 0.793. The first kappa shape index (κ1) is 13.5. The molecule has 4 nitrogen and oxygen atoms in total. The normalized spacial score (nSPS) is 16.6. The Hall–Kier alpha value is -1.52. The van der Waals surface area contributed by atoms with E-state index in [9.17, 15) is 0 Å². The topological polar surface area (TPSA) is 35.2 Å². The molecule has 1 saturated heterocycles. The van der Waals surface area contributed by atoms with Crippen LogP contribution in [0.1, 0.15) is 11.4 Å². The van der Waals surface area contributed by atoms with Crippen LogP contribution >= 0.6 is 11.6 Å². The standard InChI is InChI=1S/C15H19ClN4/c1-12-10-14(18-17-12)11-19-6-8-20(9-7-19)15-4-2-13(16)3-5-15/h2-5,10H,6-9,11H2,1H3,(H,17,18). The number of aromatic amines is 1. The van der Waals surface area contributed by atoms with Gasteiger partial charge in [-0.1, -0.05) is 11.6 Å². The Balaban J connectivity index is 1.55. The molecule has 106 valence electrons. The molecule has 20 heavy (non-hydrogen) atoms. The summed E-state index contributed by atoms with van der Waals surface area (Å²) < 4.78 is 0. The highest BCUT2D eigenvalue weighted by molar-refractivity contribution is 6.30. The summed E-state index contributed by atoms with van der Waals surface area (Å²) in [4.78, 5) is 4.85. The van der Waals surface area contributed by atoms with Gasteiger partial charge in [0.15, 0.2) is 0 Å². The van der Waals surface area contributed by atoms with Crippen LogP contribution in [0.25, 0.3) is 0 Å². The average Bonchev–Trinajstić information content (AvgIpc) is 2.86. The van der Waals surface area contributed by atoms with E-state index in [1.807, 2.05) is 19.1 Å². The molecule has 0 bridgehead atoms. The second kappa shape index (κ2) is 5.85. The number of hydrogen-bond donors (Lipinski definition) is 1. The molecule has 0 amide bonds. The number of piperazine rings is 1. The molecular weight excluding hydrogens is 272 g/mol. The minimum atomic E-state index is 0.793. The van der Waals surface area contributed by atoms with Gasteiger partial charge in [0.2, 0.25) is 0 Å². The predicted molar refractivity (Wildman–Crippen MR) is 82.3 cm³/mol. The summed E-state index contributed by atoms with van der Waals surface area (Å²) >= 11 is 5.93. The molecule has 5 heteroatoms. The fourth-order valence-electron chi connectivity index (χ4n) is 2.60. The van der Waals surface area contributed by atoms with Crippen LogP contribution in [0, 0.1) is 6.92 Å². The molecule has 1 aromatic heterocycles. The number of anilines is 1. The summed E-state index contributed by atoms with van der Waals surface area (Å²) in [6, 6.07) is 10.2. The van der Waals surface area contributed by atoms with Crippen molar-refractivity contribution < 1.29 is 0 Å². The third-order valence-corrected chi connectivity index (χ3v) is 3.96. The van der Waals surface area contributed by atoms with E-state index >= 15 is 0 Å². The lowest BCUT2D eigenvalue weighted by molar-refractivity contribution is 0.247. The van der Waals surface area contributed by atoms with Crippen LogP contribution in [0.4, 0.5) is 5.69 Å². The Bertz CT molecular complexity index is 556. The molecule has 0 unspecified atom stereocenters. The molecule has 2 heterocycles. The van der Waals surface area contributed by atoms with Crippen molar-refractivity contribution in [3.8, 4) is 0 Å². The van der Waals surface area contributed by atoms with E-state index in [0.717, 1.165) is 49.1 Å². The summed E-state index contributed by atoms with van der Waals surface area (Å²) in [5.74, 6) is 0. The summed E-state index contributed by atoms with van der Waals surface area (Å²) in [5, 5.41) is 8.09. The minimum Gasteiger partial charge on any atom is -0.369 e. The highest BCUT2D eigenvalue weighted by atomic mass is 35.5. The molecular formula is C15H19ClN4. The predicted octanol–water partition coefficient (Wildman–Crippen LogP) is 2.69. The van der Waals surface area contributed by atoms with Gasteiger partial charge in [-0.3, -0.25) is 10.00 Å². The maximum Gasteiger partial charge on any atom is 0.0765 e. The molecule has 3 rings (SSSR count). The zero-order valence-electron chi connectivity index (χ0n) is 11.6. The number of halogens is 1. The Morgan fingerprint density at radius 1 is 1.15 bits per heavy atom. The van der Waals surface area contributed by atoms with Crippen molar-refractivity contribution in [2.75, 3.05) is 31.1 Å². The van der Waals surface area contributed by atoms with E-state index in [0.29, 0.717) is 0 Å². The van der Waals surface area contributed by atoms with Crippen LogP contribution in [-0.4, -0.2) is 41.3 Å². The van der Waals surface area contributed by atoms with Crippen LogP contribution in [0.5, 0.6) is 0 Å². The Kier molecular flexibility index (Phi) is 3.94. The van der Waals surface area contributed by atoms with Gasteiger partial charge in [-0.15, -0.1) is 0 Å². The molecule has 1 aliphatic heterocycles. The molecule has 1 N–H and O–H groups in total. The van der Waals surface area contributed by atoms with Crippen molar-refractivity contribution in [2.45, 2.75) is 13.5 Å². The van der Waals surface area contributed by atoms with Crippen LogP contribution in [0.3, 0.4) is 0 Å². The number of H-pyrrole nitrogens is 1. The Labute approximate surface area is 124 Å². The third-order valence-electron chi connectivity index (χ3n) is 3.71. The maximum absolute atomic E-state index is 5.93. The zero-order valence-corrected chi connectivity index (χ0v) is 12.4. The van der Waals surface area contributed by atoms with Gasteiger partial charge in [0, 0.05) is 49.1 Å². The first-order chi connectivity index (χ1) is 9.70. The fourth-order valence-corrected chi connectivity index (χ4v) is 2.73. The molecule has 0 spiro atoms. The van der Waals surface area contributed by atoms with Gasteiger partial charge >= 0.3 is 0 Å². The number of nitrogens with one attached hydrogen (secondary N) is 1. The quantitative estimate of drug-likeness (QED) is 0.944. The summed E-state index contributed by atoms with van der Waals surface area (Å²) in [6.07, 6.45) is 0. The lowest BCUT2D eigenvalue weighted by Gasteiger charge is -2.35. The highest BCUT2D eigenvalue weighted by Gasteiger charge is 2.17. The van der Waals surface area contributed by atoms with Crippen molar-refractivity contribution in [3.05, 3.63) is 46.7 Å². The van der Waals surface area contributed by atoms with E-state index in [4.69, 9.17) is 11.6 Å². The number of rotatable bonds is 3. The molecule has 1 aromatic carbocycles. The van der Waals surface area contributed by atoms with Gasteiger partial charge in [-0.2, -0.15) is 5.10 Å². The van der Waals surface area contributed by atoms with Crippen molar-refractivity contribution in [1.29, 1.82) is 0 Å². The zero-order chi connectivity index (χ0) is 13.9. The van der Waals surface area contributed by atoms with E-state index < -0.39 is 0 Å². The van der Waals surface area contributed by atoms with Crippen molar-refractivity contribution >= 4 is 17.3 Å². The number of benzene rings is 1. The van der Waals surface area contributed by atoms with Crippen molar-refractivity contribution in [3.63, 3.8) is 0 Å². The molecule has 0 radical (unpaired) electrons. The number of nitrogens with zero attached hydrogens (tertiary/aromatic N) is 3. The van der Waals surface area contributed by atoms with Crippen LogP contribution in [0.2, 0.25) is 5.02 Å². The molecule has 2 aromatic rings. The molecule has 1 fully saturated rings. The van der Waals surface area contributed by atoms with Gasteiger partial charge in [-0.25, -0.2) is 0 Å². The average molecular weight is 291 g/mol. The largest absolute Gasteiger partial charge is 0.369 e. The van der Waals surface area contributed by atoms with Crippen molar-refractivity contribution in [2.24, 2.45) is 0 Å². The monoisotopic (exact) mass is 290 g/mol. The van der Waals surface area contributed by atoms with Gasteiger partial charge < -0.3 is 4.90 Å². The Morgan fingerprint density at radius 3 is 2.45 bits per heavy atom. The molecule has 0 aliphatic carbocycles. The van der Waals surface area contributed by atoms with Gasteiger partial charge in [0.25, 0.3) is 0 Å². The Morgan fingerprint density at radius 2 is 1.85 bits per heavy atom. The van der Waals surface area contributed by atoms with Crippen LogP contribution in [0.15, 0.2) is 30.3 Å². The molecule has 1 aliphatic rings.